The van der Waals surface area contributed by atoms with Crippen LogP contribution in [0.15, 0.2) is 24.3 Å². The van der Waals surface area contributed by atoms with Crippen molar-refractivity contribution in [1.29, 1.82) is 0 Å². The van der Waals surface area contributed by atoms with Crippen LogP contribution in [0.4, 0.5) is 0 Å². The number of carbonyl (C=O) groups is 1. The Hall–Kier alpha value is -1.55. The van der Waals surface area contributed by atoms with Gasteiger partial charge in [-0.1, -0.05) is 26.0 Å². The van der Waals surface area contributed by atoms with Crippen LogP contribution >= 0.6 is 0 Å². The molecule has 0 bridgehead atoms. The van der Waals surface area contributed by atoms with E-state index in [0.29, 0.717) is 13.0 Å². The highest BCUT2D eigenvalue weighted by Gasteiger charge is 2.32. The first-order valence-corrected chi connectivity index (χ1v) is 7.17. The third-order valence-corrected chi connectivity index (χ3v) is 3.51. The Kier molecular flexibility index (Phi) is 6.52. The summed E-state index contributed by atoms with van der Waals surface area (Å²) in [6.45, 7) is 7.14. The molecule has 0 saturated carbocycles. The predicted molar refractivity (Wildman–Crippen MR) is 79.9 cm³/mol. The summed E-state index contributed by atoms with van der Waals surface area (Å²) in [7, 11) is 1.64. The lowest BCUT2D eigenvalue weighted by atomic mass is 9.84. The Morgan fingerprint density at radius 1 is 1.20 bits per heavy atom. The minimum Gasteiger partial charge on any atom is -0.497 e. The zero-order valence-electron chi connectivity index (χ0n) is 12.9. The maximum Gasteiger partial charge on any atom is 0.308 e. The van der Waals surface area contributed by atoms with Crippen LogP contribution in [0.25, 0.3) is 0 Å². The van der Waals surface area contributed by atoms with E-state index in [1.165, 1.54) is 0 Å². The molecule has 0 aliphatic rings. The van der Waals surface area contributed by atoms with Crippen LogP contribution in [-0.2, 0) is 15.1 Å². The minimum atomic E-state index is -0.382. The maximum absolute atomic E-state index is 11.9. The number of hydrogen-bond acceptors (Lipinski definition) is 4. The van der Waals surface area contributed by atoms with Crippen molar-refractivity contribution in [3.63, 3.8) is 0 Å². The van der Waals surface area contributed by atoms with Gasteiger partial charge in [0.1, 0.15) is 5.75 Å². The SMILES string of the molecule is CCNC(CC)(CC(=O)OCC)c1ccc(OC)cc1. The van der Waals surface area contributed by atoms with E-state index in [1.807, 2.05) is 38.1 Å². The Morgan fingerprint density at radius 3 is 2.30 bits per heavy atom. The molecule has 0 heterocycles. The first-order chi connectivity index (χ1) is 9.61. The molecule has 1 rings (SSSR count). The summed E-state index contributed by atoms with van der Waals surface area (Å²) in [4.78, 5) is 11.9. The molecule has 1 aromatic carbocycles. The quantitative estimate of drug-likeness (QED) is 0.743. The van der Waals surface area contributed by atoms with Crippen LogP contribution in [0.5, 0.6) is 5.75 Å². The standard InChI is InChI=1S/C16H25NO3/c1-5-16(17-6-2,12-15(18)20-7-3)13-8-10-14(19-4)11-9-13/h8-11,17H,5-7,12H2,1-4H3. The summed E-state index contributed by atoms with van der Waals surface area (Å²) in [5.74, 6) is 0.637. The Labute approximate surface area is 121 Å². The van der Waals surface area contributed by atoms with E-state index in [9.17, 15) is 4.79 Å². The number of carbonyl (C=O) groups excluding carboxylic acids is 1. The molecule has 1 N–H and O–H groups in total. The second-order valence-electron chi connectivity index (χ2n) is 4.68. The summed E-state index contributed by atoms with van der Waals surface area (Å²) in [6.07, 6.45) is 1.14. The van der Waals surface area contributed by atoms with Gasteiger partial charge in [-0.15, -0.1) is 0 Å². The largest absolute Gasteiger partial charge is 0.497 e. The maximum atomic E-state index is 11.9. The third-order valence-electron chi connectivity index (χ3n) is 3.51. The number of benzene rings is 1. The van der Waals surface area contributed by atoms with Gasteiger partial charge in [-0.3, -0.25) is 4.79 Å². The monoisotopic (exact) mass is 279 g/mol. The fourth-order valence-corrected chi connectivity index (χ4v) is 2.43. The molecule has 1 aromatic rings. The molecule has 0 spiro atoms. The number of esters is 1. The van der Waals surface area contributed by atoms with Crippen molar-refractivity contribution in [2.24, 2.45) is 0 Å². The molecule has 0 aliphatic carbocycles. The van der Waals surface area contributed by atoms with E-state index in [0.717, 1.165) is 24.3 Å². The fraction of sp³-hybridized carbons (Fsp3) is 0.562. The second-order valence-corrected chi connectivity index (χ2v) is 4.68. The number of rotatable bonds is 8. The molecule has 0 amide bonds. The lowest BCUT2D eigenvalue weighted by molar-refractivity contribution is -0.145. The smallest absolute Gasteiger partial charge is 0.308 e. The van der Waals surface area contributed by atoms with Gasteiger partial charge in [0.05, 0.1) is 25.7 Å². The Balaban J connectivity index is 3.04. The van der Waals surface area contributed by atoms with Crippen molar-refractivity contribution in [2.45, 2.75) is 39.2 Å². The van der Waals surface area contributed by atoms with Gasteiger partial charge in [-0.25, -0.2) is 0 Å². The van der Waals surface area contributed by atoms with Gasteiger partial charge in [0.2, 0.25) is 0 Å². The zero-order chi connectivity index (χ0) is 15.0. The van der Waals surface area contributed by atoms with Crippen molar-refractivity contribution in [2.75, 3.05) is 20.3 Å². The molecule has 112 valence electrons. The average Bonchev–Trinajstić information content (AvgIpc) is 2.47. The van der Waals surface area contributed by atoms with E-state index >= 15 is 0 Å². The van der Waals surface area contributed by atoms with Gasteiger partial charge in [-0.2, -0.15) is 0 Å². The number of hydrogen-bond donors (Lipinski definition) is 1. The highest BCUT2D eigenvalue weighted by Crippen LogP contribution is 2.30. The van der Waals surface area contributed by atoms with Crippen molar-refractivity contribution in [1.82, 2.24) is 5.32 Å². The summed E-state index contributed by atoms with van der Waals surface area (Å²) in [5, 5.41) is 3.45. The molecule has 1 unspecified atom stereocenters. The molecule has 1 atom stereocenters. The van der Waals surface area contributed by atoms with E-state index < -0.39 is 0 Å². The molecular weight excluding hydrogens is 254 g/mol. The number of methoxy groups -OCH3 is 1. The molecule has 0 saturated heterocycles. The predicted octanol–water partition coefficient (Wildman–Crippen LogP) is 2.86. The van der Waals surface area contributed by atoms with Crippen molar-refractivity contribution < 1.29 is 14.3 Å². The van der Waals surface area contributed by atoms with Gasteiger partial charge in [-0.05, 0) is 37.6 Å². The van der Waals surface area contributed by atoms with Crippen LogP contribution in [-0.4, -0.2) is 26.2 Å². The Morgan fingerprint density at radius 2 is 1.85 bits per heavy atom. The topological polar surface area (TPSA) is 47.6 Å². The summed E-state index contributed by atoms with van der Waals surface area (Å²) in [6, 6.07) is 7.85. The van der Waals surface area contributed by atoms with Crippen LogP contribution in [0, 0.1) is 0 Å². The molecule has 0 radical (unpaired) electrons. The average molecular weight is 279 g/mol. The lowest BCUT2D eigenvalue weighted by Gasteiger charge is -2.33. The van der Waals surface area contributed by atoms with Crippen molar-refractivity contribution in [3.05, 3.63) is 29.8 Å². The van der Waals surface area contributed by atoms with Crippen LogP contribution in [0.3, 0.4) is 0 Å². The zero-order valence-corrected chi connectivity index (χ0v) is 12.9. The third kappa shape index (κ3) is 3.97. The van der Waals surface area contributed by atoms with E-state index in [4.69, 9.17) is 9.47 Å². The molecular formula is C16H25NO3. The van der Waals surface area contributed by atoms with Crippen LogP contribution < -0.4 is 10.1 Å². The first-order valence-electron chi connectivity index (χ1n) is 7.17. The van der Waals surface area contributed by atoms with E-state index in [2.05, 4.69) is 12.2 Å². The van der Waals surface area contributed by atoms with Crippen LogP contribution in [0.1, 0.15) is 39.2 Å². The molecule has 0 aromatic heterocycles. The molecule has 0 fully saturated rings. The van der Waals surface area contributed by atoms with Crippen LogP contribution in [0.2, 0.25) is 0 Å². The van der Waals surface area contributed by atoms with Crippen molar-refractivity contribution >= 4 is 5.97 Å². The molecule has 20 heavy (non-hydrogen) atoms. The minimum absolute atomic E-state index is 0.175. The molecule has 4 nitrogen and oxygen atoms in total. The summed E-state index contributed by atoms with van der Waals surface area (Å²) >= 11 is 0. The van der Waals surface area contributed by atoms with E-state index in [1.54, 1.807) is 7.11 Å². The summed E-state index contributed by atoms with van der Waals surface area (Å²) in [5.41, 5.74) is 0.698. The van der Waals surface area contributed by atoms with Gasteiger partial charge in [0.15, 0.2) is 0 Å². The van der Waals surface area contributed by atoms with Crippen molar-refractivity contribution in [3.8, 4) is 5.75 Å². The van der Waals surface area contributed by atoms with E-state index in [-0.39, 0.29) is 11.5 Å². The lowest BCUT2D eigenvalue weighted by Crippen LogP contribution is -2.44. The Bertz CT molecular complexity index is 416. The van der Waals surface area contributed by atoms with Gasteiger partial charge in [0.25, 0.3) is 0 Å². The second kappa shape index (κ2) is 7.90. The van der Waals surface area contributed by atoms with Gasteiger partial charge < -0.3 is 14.8 Å². The highest BCUT2D eigenvalue weighted by molar-refractivity contribution is 5.71. The summed E-state index contributed by atoms with van der Waals surface area (Å²) < 4.78 is 10.3. The normalized spacial score (nSPS) is 13.6. The highest BCUT2D eigenvalue weighted by atomic mass is 16.5. The first kappa shape index (κ1) is 16.5. The number of nitrogens with one attached hydrogen (secondary N) is 1. The number of ether oxygens (including phenoxy) is 2. The molecule has 0 aliphatic heterocycles. The fourth-order valence-electron chi connectivity index (χ4n) is 2.43. The van der Waals surface area contributed by atoms with Gasteiger partial charge in [0, 0.05) is 0 Å². The van der Waals surface area contributed by atoms with Gasteiger partial charge >= 0.3 is 5.97 Å². The molecule has 4 heteroatoms.